The van der Waals surface area contributed by atoms with E-state index >= 15 is 0 Å². The standard InChI is InChI=1S/C24H20ClN5O3S/c1-2-15-30(22-12-5-3-10-20(22)25)34(32,33)19-9-7-8-18(17-19)24(31)27-21-11-4-6-13-23(21)29-16-14-26-28-29/h2-14,16-17H,1,15H2,(H,27,31). The first-order chi connectivity index (χ1) is 16.4. The first kappa shape index (κ1) is 23.2. The van der Waals surface area contributed by atoms with E-state index in [2.05, 4.69) is 22.2 Å². The van der Waals surface area contributed by atoms with Crippen LogP contribution in [-0.4, -0.2) is 35.9 Å². The summed E-state index contributed by atoms with van der Waals surface area (Å²) in [6, 6.07) is 19.5. The highest BCUT2D eigenvalue weighted by atomic mass is 35.5. The molecule has 0 atom stereocenters. The molecule has 1 aromatic heterocycles. The molecule has 0 saturated carbocycles. The lowest BCUT2D eigenvalue weighted by atomic mass is 10.2. The number of hydrogen-bond acceptors (Lipinski definition) is 5. The third-order valence-electron chi connectivity index (χ3n) is 4.92. The number of hydrogen-bond donors (Lipinski definition) is 1. The van der Waals surface area contributed by atoms with Gasteiger partial charge in [0.2, 0.25) is 0 Å². The molecule has 0 fully saturated rings. The second-order valence-corrected chi connectivity index (χ2v) is 9.39. The van der Waals surface area contributed by atoms with Gasteiger partial charge >= 0.3 is 0 Å². The fourth-order valence-electron chi connectivity index (χ4n) is 3.33. The molecule has 1 N–H and O–H groups in total. The summed E-state index contributed by atoms with van der Waals surface area (Å²) >= 11 is 6.26. The molecule has 172 valence electrons. The normalized spacial score (nSPS) is 11.1. The summed E-state index contributed by atoms with van der Waals surface area (Å²) in [7, 11) is -4.04. The van der Waals surface area contributed by atoms with Crippen LogP contribution in [0, 0.1) is 0 Å². The van der Waals surface area contributed by atoms with Gasteiger partial charge in [0.05, 0.1) is 45.9 Å². The molecule has 0 aliphatic rings. The molecular weight excluding hydrogens is 474 g/mol. The second kappa shape index (κ2) is 9.90. The number of benzene rings is 3. The maximum atomic E-state index is 13.5. The zero-order valence-corrected chi connectivity index (χ0v) is 19.4. The van der Waals surface area contributed by atoms with Crippen LogP contribution in [0.4, 0.5) is 11.4 Å². The van der Waals surface area contributed by atoms with Crippen LogP contribution in [0.3, 0.4) is 0 Å². The molecule has 4 aromatic rings. The van der Waals surface area contributed by atoms with E-state index in [1.165, 1.54) is 35.2 Å². The van der Waals surface area contributed by atoms with Crippen LogP contribution in [0.5, 0.6) is 0 Å². The lowest BCUT2D eigenvalue weighted by Gasteiger charge is -2.24. The van der Waals surface area contributed by atoms with Gasteiger partial charge in [-0.2, -0.15) is 0 Å². The van der Waals surface area contributed by atoms with Crippen molar-refractivity contribution in [2.75, 3.05) is 16.2 Å². The number of aromatic nitrogens is 3. The van der Waals surface area contributed by atoms with Gasteiger partial charge in [0, 0.05) is 5.56 Å². The molecule has 0 saturated heterocycles. The highest BCUT2D eigenvalue weighted by Crippen LogP contribution is 2.30. The van der Waals surface area contributed by atoms with Gasteiger partial charge < -0.3 is 5.32 Å². The topological polar surface area (TPSA) is 97.2 Å². The van der Waals surface area contributed by atoms with E-state index in [1.54, 1.807) is 54.7 Å². The molecular formula is C24H20ClN5O3S. The van der Waals surface area contributed by atoms with Crippen LogP contribution in [-0.2, 0) is 10.0 Å². The minimum atomic E-state index is -4.04. The number of carbonyl (C=O) groups is 1. The van der Waals surface area contributed by atoms with Gasteiger partial charge in [-0.15, -0.1) is 11.7 Å². The van der Waals surface area contributed by atoms with Crippen molar-refractivity contribution in [2.24, 2.45) is 0 Å². The summed E-state index contributed by atoms with van der Waals surface area (Å²) in [6.45, 7) is 3.67. The zero-order valence-electron chi connectivity index (χ0n) is 17.9. The van der Waals surface area contributed by atoms with Crippen LogP contribution in [0.2, 0.25) is 5.02 Å². The fourth-order valence-corrected chi connectivity index (χ4v) is 5.12. The van der Waals surface area contributed by atoms with Crippen molar-refractivity contribution in [3.05, 3.63) is 108 Å². The first-order valence-corrected chi connectivity index (χ1v) is 12.0. The van der Waals surface area contributed by atoms with Crippen LogP contribution in [0.1, 0.15) is 10.4 Å². The molecule has 0 aliphatic carbocycles. The van der Waals surface area contributed by atoms with Crippen molar-refractivity contribution in [3.63, 3.8) is 0 Å². The quantitative estimate of drug-likeness (QED) is 0.363. The van der Waals surface area contributed by atoms with Gasteiger partial charge in [-0.3, -0.25) is 9.10 Å². The molecule has 4 rings (SSSR count). The van der Waals surface area contributed by atoms with E-state index in [0.29, 0.717) is 17.1 Å². The molecule has 0 bridgehead atoms. The van der Waals surface area contributed by atoms with Crippen molar-refractivity contribution in [1.82, 2.24) is 15.0 Å². The number of halogens is 1. The van der Waals surface area contributed by atoms with Gasteiger partial charge in [-0.05, 0) is 42.5 Å². The summed E-state index contributed by atoms with van der Waals surface area (Å²) in [5.74, 6) is -0.474. The number of rotatable bonds is 8. The third kappa shape index (κ3) is 4.70. The predicted octanol–water partition coefficient (Wildman–Crippen LogP) is 4.55. The molecule has 0 aliphatic heterocycles. The Kier molecular flexibility index (Phi) is 6.76. The molecule has 8 nitrogen and oxygen atoms in total. The molecule has 0 unspecified atom stereocenters. The maximum absolute atomic E-state index is 13.5. The first-order valence-electron chi connectivity index (χ1n) is 10.2. The van der Waals surface area contributed by atoms with E-state index < -0.39 is 15.9 Å². The number of anilines is 2. The highest BCUT2D eigenvalue weighted by molar-refractivity contribution is 7.92. The Morgan fingerprint density at radius 2 is 1.85 bits per heavy atom. The van der Waals surface area contributed by atoms with Crippen molar-refractivity contribution < 1.29 is 13.2 Å². The molecule has 10 heteroatoms. The Morgan fingerprint density at radius 1 is 1.09 bits per heavy atom. The Labute approximate surface area is 202 Å². The maximum Gasteiger partial charge on any atom is 0.264 e. The number of carbonyl (C=O) groups excluding carboxylic acids is 1. The molecule has 1 amide bonds. The Bertz CT molecular complexity index is 1440. The van der Waals surface area contributed by atoms with Gasteiger partial charge in [-0.25, -0.2) is 13.1 Å². The molecule has 34 heavy (non-hydrogen) atoms. The molecule has 1 heterocycles. The average Bonchev–Trinajstić information content (AvgIpc) is 3.38. The smallest absolute Gasteiger partial charge is 0.264 e. The van der Waals surface area contributed by atoms with E-state index in [9.17, 15) is 13.2 Å². The van der Waals surface area contributed by atoms with E-state index in [4.69, 9.17) is 11.6 Å². The van der Waals surface area contributed by atoms with E-state index in [0.717, 1.165) is 4.31 Å². The second-order valence-electron chi connectivity index (χ2n) is 7.12. The van der Waals surface area contributed by atoms with Crippen LogP contribution in [0.25, 0.3) is 5.69 Å². The summed E-state index contributed by atoms with van der Waals surface area (Å²) in [5.41, 5.74) is 1.61. The molecule has 0 spiro atoms. The summed E-state index contributed by atoms with van der Waals surface area (Å²) in [6.07, 6.45) is 4.65. The molecule has 3 aromatic carbocycles. The number of para-hydroxylation sites is 3. The summed E-state index contributed by atoms with van der Waals surface area (Å²) < 4.78 is 29.6. The third-order valence-corrected chi connectivity index (χ3v) is 7.02. The minimum Gasteiger partial charge on any atom is -0.320 e. The summed E-state index contributed by atoms with van der Waals surface area (Å²) in [5, 5.41) is 10.8. The number of amides is 1. The SMILES string of the molecule is C=CCN(c1ccccc1Cl)S(=O)(=O)c1cccc(C(=O)Nc2ccccc2-n2ccnn2)c1. The van der Waals surface area contributed by atoms with Crippen LogP contribution in [0.15, 0.2) is 103 Å². The van der Waals surface area contributed by atoms with Crippen molar-refractivity contribution in [2.45, 2.75) is 4.90 Å². The Balaban J connectivity index is 1.66. The number of nitrogens with zero attached hydrogens (tertiary/aromatic N) is 4. The van der Waals surface area contributed by atoms with E-state index in [-0.39, 0.29) is 22.0 Å². The zero-order chi connectivity index (χ0) is 24.1. The highest BCUT2D eigenvalue weighted by Gasteiger charge is 2.26. The summed E-state index contributed by atoms with van der Waals surface area (Å²) in [4.78, 5) is 13.0. The van der Waals surface area contributed by atoms with Gasteiger partial charge in [-0.1, -0.05) is 53.2 Å². The van der Waals surface area contributed by atoms with Crippen molar-refractivity contribution in [1.29, 1.82) is 0 Å². The monoisotopic (exact) mass is 493 g/mol. The molecule has 0 radical (unpaired) electrons. The van der Waals surface area contributed by atoms with Crippen LogP contribution >= 0.6 is 11.6 Å². The van der Waals surface area contributed by atoms with Gasteiger partial charge in [0.1, 0.15) is 0 Å². The van der Waals surface area contributed by atoms with Crippen molar-refractivity contribution in [3.8, 4) is 5.69 Å². The van der Waals surface area contributed by atoms with E-state index in [1.807, 2.05) is 6.07 Å². The minimum absolute atomic E-state index is 0.00771. The lowest BCUT2D eigenvalue weighted by Crippen LogP contribution is -2.31. The Hall–Kier alpha value is -3.95. The number of nitrogens with one attached hydrogen (secondary N) is 1. The largest absolute Gasteiger partial charge is 0.320 e. The average molecular weight is 494 g/mol. The lowest BCUT2D eigenvalue weighted by molar-refractivity contribution is 0.102. The Morgan fingerprint density at radius 3 is 2.59 bits per heavy atom. The predicted molar refractivity (Wildman–Crippen MR) is 132 cm³/mol. The van der Waals surface area contributed by atoms with Gasteiger partial charge in [0.15, 0.2) is 0 Å². The number of sulfonamides is 1. The fraction of sp³-hybridized carbons (Fsp3) is 0.0417. The van der Waals surface area contributed by atoms with Crippen LogP contribution < -0.4 is 9.62 Å². The van der Waals surface area contributed by atoms with Gasteiger partial charge in [0.25, 0.3) is 15.9 Å². The van der Waals surface area contributed by atoms with Crippen molar-refractivity contribution >= 4 is 38.9 Å².